The van der Waals surface area contributed by atoms with Crippen molar-refractivity contribution in [2.24, 2.45) is 0 Å². The highest BCUT2D eigenvalue weighted by molar-refractivity contribution is 5.56. The molecular weight excluding hydrogens is 394 g/mol. The quantitative estimate of drug-likeness (QED) is 0.253. The molecule has 0 aliphatic heterocycles. The fourth-order valence-electron chi connectivity index (χ4n) is 3.61. The van der Waals surface area contributed by atoms with Crippen molar-refractivity contribution in [2.75, 3.05) is 6.61 Å². The Morgan fingerprint density at radius 1 is 0.871 bits per heavy atom. The van der Waals surface area contributed by atoms with Gasteiger partial charge in [0.05, 0.1) is 6.61 Å². The van der Waals surface area contributed by atoms with E-state index in [4.69, 9.17) is 4.74 Å². The average Bonchev–Trinajstić information content (AvgIpc) is 2.77. The molecule has 3 nitrogen and oxygen atoms in total. The van der Waals surface area contributed by atoms with Crippen molar-refractivity contribution in [3.05, 3.63) is 42.0 Å². The normalized spacial score (nSPS) is 12.1. The minimum Gasteiger partial charge on any atom is -0.490 e. The molecule has 0 amide bonds. The molecule has 1 aromatic heterocycles. The number of aromatic nitrogens is 2. The topological polar surface area (TPSA) is 35.0 Å². The van der Waals surface area contributed by atoms with Crippen LogP contribution in [0.15, 0.2) is 30.6 Å². The number of aryl methyl sites for hydroxylation is 1. The van der Waals surface area contributed by atoms with Crippen LogP contribution in [0.2, 0.25) is 0 Å². The highest BCUT2D eigenvalue weighted by Gasteiger charge is 2.10. The van der Waals surface area contributed by atoms with Crippen LogP contribution in [0.4, 0.5) is 8.78 Å². The van der Waals surface area contributed by atoms with E-state index in [1.54, 1.807) is 12.1 Å². The van der Waals surface area contributed by atoms with Crippen LogP contribution in [0.1, 0.15) is 90.0 Å². The number of benzene rings is 1. The fourth-order valence-corrected chi connectivity index (χ4v) is 3.61. The third kappa shape index (κ3) is 9.75. The van der Waals surface area contributed by atoms with Crippen molar-refractivity contribution in [3.8, 4) is 17.1 Å². The maximum atomic E-state index is 14.4. The zero-order valence-electron chi connectivity index (χ0n) is 19.2. The van der Waals surface area contributed by atoms with Crippen LogP contribution in [-0.4, -0.2) is 22.7 Å². The Kier molecular flexibility index (Phi) is 12.1. The van der Waals surface area contributed by atoms with E-state index in [1.807, 2.05) is 19.3 Å². The SMILES string of the molecule is CCCCCCCCCCc1cnc(-c2ccc(OCC[C@H](F)CCC)c(F)c2)nc1. The second kappa shape index (κ2) is 14.9. The molecule has 1 heterocycles. The van der Waals surface area contributed by atoms with Crippen molar-refractivity contribution in [1.29, 1.82) is 0 Å². The summed E-state index contributed by atoms with van der Waals surface area (Å²) < 4.78 is 33.3. The Labute approximate surface area is 186 Å². The molecule has 0 saturated heterocycles. The van der Waals surface area contributed by atoms with Gasteiger partial charge in [-0.05, 0) is 43.0 Å². The van der Waals surface area contributed by atoms with Gasteiger partial charge in [0.15, 0.2) is 17.4 Å². The summed E-state index contributed by atoms with van der Waals surface area (Å²) in [5, 5.41) is 0. The molecule has 172 valence electrons. The first-order chi connectivity index (χ1) is 15.1. The van der Waals surface area contributed by atoms with Crippen LogP contribution in [0.25, 0.3) is 11.4 Å². The largest absolute Gasteiger partial charge is 0.490 e. The smallest absolute Gasteiger partial charge is 0.165 e. The molecule has 0 spiro atoms. The highest BCUT2D eigenvalue weighted by atomic mass is 19.1. The summed E-state index contributed by atoms with van der Waals surface area (Å²) in [5.74, 6) is 0.158. The third-order valence-electron chi connectivity index (χ3n) is 5.50. The lowest BCUT2D eigenvalue weighted by atomic mass is 10.1. The number of hydrogen-bond acceptors (Lipinski definition) is 3. The molecule has 0 saturated carbocycles. The van der Waals surface area contributed by atoms with E-state index in [2.05, 4.69) is 16.9 Å². The second-order valence-corrected chi connectivity index (χ2v) is 8.31. The maximum absolute atomic E-state index is 14.4. The lowest BCUT2D eigenvalue weighted by Gasteiger charge is -2.10. The van der Waals surface area contributed by atoms with Gasteiger partial charge in [-0.25, -0.2) is 18.7 Å². The van der Waals surface area contributed by atoms with Crippen molar-refractivity contribution >= 4 is 0 Å². The van der Waals surface area contributed by atoms with Gasteiger partial charge in [-0.2, -0.15) is 0 Å². The van der Waals surface area contributed by atoms with E-state index in [9.17, 15) is 8.78 Å². The Morgan fingerprint density at radius 3 is 2.19 bits per heavy atom. The molecule has 0 aliphatic carbocycles. The van der Waals surface area contributed by atoms with Crippen LogP contribution in [0.3, 0.4) is 0 Å². The predicted molar refractivity (Wildman–Crippen MR) is 124 cm³/mol. The van der Waals surface area contributed by atoms with Gasteiger partial charge in [0.2, 0.25) is 0 Å². The molecule has 2 rings (SSSR count). The zero-order chi connectivity index (χ0) is 22.3. The van der Waals surface area contributed by atoms with Gasteiger partial charge in [0.25, 0.3) is 0 Å². The van der Waals surface area contributed by atoms with Crippen molar-refractivity contribution in [1.82, 2.24) is 9.97 Å². The predicted octanol–water partition coefficient (Wildman–Crippen LogP) is 7.87. The monoisotopic (exact) mass is 432 g/mol. The third-order valence-corrected chi connectivity index (χ3v) is 5.50. The summed E-state index contributed by atoms with van der Waals surface area (Å²) in [6, 6.07) is 4.68. The van der Waals surface area contributed by atoms with Gasteiger partial charge >= 0.3 is 0 Å². The van der Waals surface area contributed by atoms with E-state index in [-0.39, 0.29) is 18.8 Å². The van der Waals surface area contributed by atoms with Crippen LogP contribution in [0, 0.1) is 5.82 Å². The number of nitrogens with zero attached hydrogens (tertiary/aromatic N) is 2. The number of halogens is 2. The molecule has 0 N–H and O–H groups in total. The van der Waals surface area contributed by atoms with E-state index < -0.39 is 12.0 Å². The number of rotatable bonds is 16. The molecule has 0 bridgehead atoms. The first-order valence-electron chi connectivity index (χ1n) is 12.0. The van der Waals surface area contributed by atoms with E-state index in [0.717, 1.165) is 24.8 Å². The van der Waals surface area contributed by atoms with Gasteiger partial charge in [-0.3, -0.25) is 0 Å². The van der Waals surface area contributed by atoms with Crippen LogP contribution >= 0.6 is 0 Å². The van der Waals surface area contributed by atoms with E-state index in [0.29, 0.717) is 17.8 Å². The lowest BCUT2D eigenvalue weighted by molar-refractivity contribution is 0.220. The number of ether oxygens (including phenoxy) is 1. The lowest BCUT2D eigenvalue weighted by Crippen LogP contribution is -2.08. The molecule has 5 heteroatoms. The summed E-state index contributed by atoms with van der Waals surface area (Å²) >= 11 is 0. The van der Waals surface area contributed by atoms with E-state index in [1.165, 1.54) is 51.0 Å². The number of hydrogen-bond donors (Lipinski definition) is 0. The summed E-state index contributed by atoms with van der Waals surface area (Å²) in [6.07, 6.45) is 15.7. The number of alkyl halides is 1. The molecule has 31 heavy (non-hydrogen) atoms. The average molecular weight is 433 g/mol. The number of unbranched alkanes of at least 4 members (excludes halogenated alkanes) is 7. The first-order valence-corrected chi connectivity index (χ1v) is 12.0. The Bertz CT molecular complexity index is 737. The summed E-state index contributed by atoms with van der Waals surface area (Å²) in [5.41, 5.74) is 1.72. The van der Waals surface area contributed by atoms with Crippen molar-refractivity contribution < 1.29 is 13.5 Å². The Balaban J connectivity index is 1.75. The van der Waals surface area contributed by atoms with E-state index >= 15 is 0 Å². The summed E-state index contributed by atoms with van der Waals surface area (Å²) in [7, 11) is 0. The molecule has 1 aromatic carbocycles. The highest BCUT2D eigenvalue weighted by Crippen LogP contribution is 2.24. The van der Waals surface area contributed by atoms with Crippen LogP contribution < -0.4 is 4.74 Å². The van der Waals surface area contributed by atoms with Crippen molar-refractivity contribution in [3.63, 3.8) is 0 Å². The van der Waals surface area contributed by atoms with Gasteiger partial charge in [0, 0.05) is 24.4 Å². The Hall–Kier alpha value is -2.04. The molecule has 0 aliphatic rings. The minimum atomic E-state index is -0.898. The van der Waals surface area contributed by atoms with Gasteiger partial charge in [-0.1, -0.05) is 65.2 Å². The molecule has 0 radical (unpaired) electrons. The maximum Gasteiger partial charge on any atom is 0.165 e. The van der Waals surface area contributed by atoms with Gasteiger partial charge < -0.3 is 4.74 Å². The fraction of sp³-hybridized carbons (Fsp3) is 0.615. The van der Waals surface area contributed by atoms with Crippen LogP contribution in [-0.2, 0) is 6.42 Å². The standard InChI is InChI=1S/C26H38F2N2O/c1-3-5-6-7-8-9-10-11-13-21-19-29-26(30-20-21)22-14-15-25(24(28)18-22)31-17-16-23(27)12-4-2/h14-15,18-20,23H,3-13,16-17H2,1-2H3/t23-/m1/s1. The zero-order valence-corrected chi connectivity index (χ0v) is 19.2. The minimum absolute atomic E-state index is 0.138. The summed E-state index contributed by atoms with van der Waals surface area (Å²) in [4.78, 5) is 8.81. The second-order valence-electron chi connectivity index (χ2n) is 8.31. The van der Waals surface area contributed by atoms with Gasteiger partial charge in [0.1, 0.15) is 6.17 Å². The van der Waals surface area contributed by atoms with Crippen LogP contribution in [0.5, 0.6) is 5.75 Å². The molecule has 0 unspecified atom stereocenters. The molecule has 2 aromatic rings. The summed E-state index contributed by atoms with van der Waals surface area (Å²) in [6.45, 7) is 4.35. The van der Waals surface area contributed by atoms with Gasteiger partial charge in [-0.15, -0.1) is 0 Å². The Morgan fingerprint density at radius 2 is 1.55 bits per heavy atom. The molecular formula is C26H38F2N2O. The molecule has 1 atom stereocenters. The first kappa shape index (κ1) is 25.2. The van der Waals surface area contributed by atoms with Crippen molar-refractivity contribution in [2.45, 2.75) is 97.1 Å². The molecule has 0 fully saturated rings.